The number of hydrogen-bond acceptors (Lipinski definition) is 6. The molecule has 37 heavy (non-hydrogen) atoms. The summed E-state index contributed by atoms with van der Waals surface area (Å²) >= 11 is 0. The van der Waals surface area contributed by atoms with E-state index in [1.54, 1.807) is 38.8 Å². The molecule has 1 saturated carbocycles. The van der Waals surface area contributed by atoms with E-state index < -0.39 is 11.5 Å². The van der Waals surface area contributed by atoms with Gasteiger partial charge in [-0.05, 0) is 63.1 Å². The summed E-state index contributed by atoms with van der Waals surface area (Å²) in [5, 5.41) is 9.06. The first-order valence-electron chi connectivity index (χ1n) is 12.4. The molecule has 4 N–H and O–H groups in total. The van der Waals surface area contributed by atoms with E-state index >= 15 is 0 Å². The summed E-state index contributed by atoms with van der Waals surface area (Å²) < 4.78 is 22.1. The van der Waals surface area contributed by atoms with E-state index in [0.717, 1.165) is 24.8 Å². The third-order valence-electron chi connectivity index (χ3n) is 7.13. The Balaban J connectivity index is 1.31. The number of carbonyl (C=O) groups excluding carboxylic acids is 2. The molecule has 0 radical (unpaired) electrons. The minimum Gasteiger partial charge on any atom is -0.444 e. The number of benzene rings is 1. The van der Waals surface area contributed by atoms with Crippen LogP contribution in [-0.4, -0.2) is 55.2 Å². The van der Waals surface area contributed by atoms with Crippen molar-refractivity contribution in [2.45, 2.75) is 58.2 Å². The number of halogens is 1. The molecule has 3 aromatic rings. The summed E-state index contributed by atoms with van der Waals surface area (Å²) in [5.74, 6) is -0.725. The largest absolute Gasteiger partial charge is 0.444 e. The van der Waals surface area contributed by atoms with Crippen molar-refractivity contribution in [3.8, 4) is 11.3 Å². The molecule has 0 atom stereocenters. The number of anilines is 1. The smallest absolute Gasteiger partial charge is 0.410 e. The maximum Gasteiger partial charge on any atom is 0.410 e. The van der Waals surface area contributed by atoms with Gasteiger partial charge in [0, 0.05) is 24.8 Å². The van der Waals surface area contributed by atoms with Crippen LogP contribution < -0.4 is 11.5 Å². The number of nitrogen functional groups attached to an aromatic ring is 1. The molecular formula is C26H32FN7O3. The number of primary amides is 1. The summed E-state index contributed by atoms with van der Waals surface area (Å²) in [5.41, 5.74) is 13.6. The topological polar surface area (TPSA) is 134 Å². The summed E-state index contributed by atoms with van der Waals surface area (Å²) in [4.78, 5) is 26.6. The Morgan fingerprint density at radius 2 is 1.92 bits per heavy atom. The standard InChI is InChI=1S/C26H32FN7O3/c1-25(2,3)37-24(36)32-9-8-26(15-32)10-19(11-26)34-22(28)20(23(29)35)21(31-34)17-12-30-33(14-17)13-16-4-6-18(27)7-5-16/h4-7,12,14,19H,8-11,13,15,28H2,1-3H3,(H2,29,35). The van der Waals surface area contributed by atoms with Gasteiger partial charge < -0.3 is 21.1 Å². The van der Waals surface area contributed by atoms with Crippen LogP contribution in [0.25, 0.3) is 11.3 Å². The van der Waals surface area contributed by atoms with Crippen molar-refractivity contribution in [2.75, 3.05) is 18.8 Å². The molecule has 1 aromatic carbocycles. The van der Waals surface area contributed by atoms with Crippen molar-refractivity contribution < 1.29 is 18.7 Å². The molecular weight excluding hydrogens is 477 g/mol. The number of hydrogen-bond donors (Lipinski definition) is 2. The molecule has 1 aliphatic carbocycles. The third kappa shape index (κ3) is 4.90. The predicted molar refractivity (Wildman–Crippen MR) is 135 cm³/mol. The summed E-state index contributed by atoms with van der Waals surface area (Å²) in [6.07, 6.45) is 5.55. The van der Waals surface area contributed by atoms with E-state index in [-0.39, 0.29) is 34.7 Å². The van der Waals surface area contributed by atoms with Crippen LogP contribution in [0.5, 0.6) is 0 Å². The number of aromatic nitrogens is 4. The third-order valence-corrected chi connectivity index (χ3v) is 7.13. The first kappa shape index (κ1) is 24.8. The van der Waals surface area contributed by atoms with E-state index in [9.17, 15) is 14.0 Å². The molecule has 5 rings (SSSR count). The van der Waals surface area contributed by atoms with Crippen molar-refractivity contribution in [1.82, 2.24) is 24.5 Å². The van der Waals surface area contributed by atoms with Crippen LogP contribution in [0.2, 0.25) is 0 Å². The average Bonchev–Trinajstić information content (AvgIpc) is 3.50. The maximum absolute atomic E-state index is 13.2. The van der Waals surface area contributed by atoms with Crippen LogP contribution in [0.4, 0.5) is 15.0 Å². The van der Waals surface area contributed by atoms with Gasteiger partial charge in [-0.1, -0.05) is 12.1 Å². The second-order valence-electron chi connectivity index (χ2n) is 11.2. The Kier molecular flexibility index (Phi) is 5.96. The maximum atomic E-state index is 13.2. The van der Waals surface area contributed by atoms with Gasteiger partial charge in [0.15, 0.2) is 0 Å². The van der Waals surface area contributed by atoms with Gasteiger partial charge >= 0.3 is 6.09 Å². The molecule has 1 aliphatic heterocycles. The summed E-state index contributed by atoms with van der Waals surface area (Å²) in [6.45, 7) is 7.29. The minimum absolute atomic E-state index is 0.000281. The SMILES string of the molecule is CC(C)(C)OC(=O)N1CCC2(CC(n3nc(-c4cnn(Cc5ccc(F)cc5)c4)c(C(N)=O)c3N)C2)C1. The van der Waals surface area contributed by atoms with E-state index in [1.165, 1.54) is 12.1 Å². The van der Waals surface area contributed by atoms with Crippen LogP contribution in [0.15, 0.2) is 36.7 Å². The van der Waals surface area contributed by atoms with Gasteiger partial charge in [-0.25, -0.2) is 13.9 Å². The van der Waals surface area contributed by atoms with E-state index in [1.807, 2.05) is 20.8 Å². The molecule has 10 nitrogen and oxygen atoms in total. The Labute approximate surface area is 214 Å². The molecule has 0 bridgehead atoms. The molecule has 196 valence electrons. The Morgan fingerprint density at radius 1 is 1.22 bits per heavy atom. The highest BCUT2D eigenvalue weighted by atomic mass is 19.1. The molecule has 0 unspecified atom stereocenters. The van der Waals surface area contributed by atoms with Crippen molar-refractivity contribution >= 4 is 17.8 Å². The summed E-state index contributed by atoms with van der Waals surface area (Å²) in [7, 11) is 0. The Morgan fingerprint density at radius 3 is 2.57 bits per heavy atom. The van der Waals surface area contributed by atoms with Gasteiger partial charge in [0.25, 0.3) is 5.91 Å². The van der Waals surface area contributed by atoms with Crippen LogP contribution in [0.3, 0.4) is 0 Å². The first-order valence-corrected chi connectivity index (χ1v) is 12.4. The lowest BCUT2D eigenvalue weighted by Crippen LogP contribution is -2.43. The number of nitrogens with two attached hydrogens (primary N) is 2. The number of nitrogens with zero attached hydrogens (tertiary/aromatic N) is 5. The molecule has 2 aromatic heterocycles. The molecule has 1 spiro atoms. The lowest BCUT2D eigenvalue weighted by Gasteiger charge is -2.45. The van der Waals surface area contributed by atoms with Gasteiger partial charge in [-0.15, -0.1) is 0 Å². The number of likely N-dealkylation sites (tertiary alicyclic amines) is 1. The number of ether oxygens (including phenoxy) is 1. The van der Waals surface area contributed by atoms with Crippen LogP contribution in [0.1, 0.15) is 62.0 Å². The second-order valence-corrected chi connectivity index (χ2v) is 11.2. The minimum atomic E-state index is -0.656. The first-order chi connectivity index (χ1) is 17.4. The zero-order chi connectivity index (χ0) is 26.5. The fourth-order valence-corrected chi connectivity index (χ4v) is 5.38. The van der Waals surface area contributed by atoms with E-state index in [2.05, 4.69) is 5.10 Å². The molecule has 3 heterocycles. The fraction of sp³-hybridized carbons (Fsp3) is 0.462. The van der Waals surface area contributed by atoms with E-state index in [0.29, 0.717) is 30.9 Å². The highest BCUT2D eigenvalue weighted by Crippen LogP contribution is 2.55. The van der Waals surface area contributed by atoms with Gasteiger partial charge in [0.05, 0.1) is 18.8 Å². The van der Waals surface area contributed by atoms with Crippen molar-refractivity contribution in [2.24, 2.45) is 11.1 Å². The van der Waals surface area contributed by atoms with E-state index in [4.69, 9.17) is 21.3 Å². The highest BCUT2D eigenvalue weighted by molar-refractivity contribution is 6.03. The monoisotopic (exact) mass is 509 g/mol. The van der Waals surface area contributed by atoms with Crippen molar-refractivity contribution in [3.05, 3.63) is 53.6 Å². The zero-order valence-electron chi connectivity index (χ0n) is 21.3. The van der Waals surface area contributed by atoms with Crippen molar-refractivity contribution in [3.63, 3.8) is 0 Å². The number of carbonyl (C=O) groups is 2. The van der Waals surface area contributed by atoms with Crippen molar-refractivity contribution in [1.29, 1.82) is 0 Å². The van der Waals surface area contributed by atoms with Crippen LogP contribution >= 0.6 is 0 Å². The quantitative estimate of drug-likeness (QED) is 0.540. The van der Waals surface area contributed by atoms with Gasteiger partial charge in [0.2, 0.25) is 0 Å². The van der Waals surface area contributed by atoms with Crippen LogP contribution in [0, 0.1) is 11.2 Å². The molecule has 1 saturated heterocycles. The molecule has 2 fully saturated rings. The predicted octanol–water partition coefficient (Wildman–Crippen LogP) is 3.58. The van der Waals surface area contributed by atoms with Gasteiger partial charge in [0.1, 0.15) is 28.5 Å². The summed E-state index contributed by atoms with van der Waals surface area (Å²) in [6, 6.07) is 6.18. The Hall–Kier alpha value is -3.89. The second kappa shape index (κ2) is 8.89. The van der Waals surface area contributed by atoms with Gasteiger partial charge in [-0.2, -0.15) is 10.2 Å². The zero-order valence-corrected chi connectivity index (χ0v) is 21.3. The van der Waals surface area contributed by atoms with Crippen LogP contribution in [-0.2, 0) is 11.3 Å². The number of amides is 2. The molecule has 2 aliphatic rings. The lowest BCUT2D eigenvalue weighted by atomic mass is 9.65. The highest BCUT2D eigenvalue weighted by Gasteiger charge is 2.51. The lowest BCUT2D eigenvalue weighted by molar-refractivity contribution is 0.0187. The normalized spacial score (nSPS) is 21.3. The number of rotatable bonds is 5. The Bertz CT molecular complexity index is 1330. The molecule has 2 amide bonds. The molecule has 11 heteroatoms. The van der Waals surface area contributed by atoms with Gasteiger partial charge in [-0.3, -0.25) is 9.48 Å². The average molecular weight is 510 g/mol. The fourth-order valence-electron chi connectivity index (χ4n) is 5.38.